The average molecular weight is 704 g/mol. The number of para-hydroxylation sites is 3. The standard InChI is InChI=1S/C48H25N5O2/c49-26-31-24-29(18-21-38(31)53-39-15-7-4-12-32(39)34-20-23-43-44(47(34)53)35-14-6-9-17-41(35)55-43)46-37(27-50)45(28-10-2-1-3-11-28)51-48(52-46)30-19-22-42-36(25-30)33-13-5-8-16-40(33)54-42/h1-25H. The highest BCUT2D eigenvalue weighted by Crippen LogP contribution is 2.42. The lowest BCUT2D eigenvalue weighted by atomic mass is 9.98. The summed E-state index contributed by atoms with van der Waals surface area (Å²) in [6.07, 6.45) is 0. The van der Waals surface area contributed by atoms with Crippen LogP contribution >= 0.6 is 0 Å². The van der Waals surface area contributed by atoms with Crippen LogP contribution in [-0.2, 0) is 0 Å². The Morgan fingerprint density at radius 1 is 0.473 bits per heavy atom. The summed E-state index contributed by atoms with van der Waals surface area (Å²) in [4.78, 5) is 10.1. The van der Waals surface area contributed by atoms with E-state index >= 15 is 0 Å². The number of hydrogen-bond acceptors (Lipinski definition) is 6. The summed E-state index contributed by atoms with van der Waals surface area (Å²) in [5.41, 5.74) is 9.69. The van der Waals surface area contributed by atoms with E-state index in [1.54, 1.807) is 0 Å². The van der Waals surface area contributed by atoms with E-state index in [2.05, 4.69) is 41.0 Å². The van der Waals surface area contributed by atoms with Crippen molar-refractivity contribution in [3.05, 3.63) is 163 Å². The molecule has 7 aromatic carbocycles. The molecule has 7 heteroatoms. The number of nitriles is 2. The molecule has 0 aliphatic rings. The second-order valence-electron chi connectivity index (χ2n) is 13.5. The largest absolute Gasteiger partial charge is 0.456 e. The molecular formula is C48H25N5O2. The van der Waals surface area contributed by atoms with E-state index in [4.69, 9.17) is 18.8 Å². The third kappa shape index (κ3) is 4.54. The molecule has 11 aromatic rings. The number of fused-ring (bicyclic) bond motifs is 10. The molecular weight excluding hydrogens is 679 g/mol. The van der Waals surface area contributed by atoms with Gasteiger partial charge in [0.25, 0.3) is 0 Å². The van der Waals surface area contributed by atoms with Crippen molar-refractivity contribution in [1.82, 2.24) is 14.5 Å². The van der Waals surface area contributed by atoms with Gasteiger partial charge in [0, 0.05) is 43.6 Å². The maximum atomic E-state index is 10.8. The Hall–Kier alpha value is -8.00. The zero-order valence-corrected chi connectivity index (χ0v) is 29.0. The Labute approximate surface area is 313 Å². The highest BCUT2D eigenvalue weighted by molar-refractivity contribution is 6.24. The summed E-state index contributed by atoms with van der Waals surface area (Å²) >= 11 is 0. The predicted molar refractivity (Wildman–Crippen MR) is 217 cm³/mol. The van der Waals surface area contributed by atoms with Crippen LogP contribution in [0.5, 0.6) is 0 Å². The molecule has 0 N–H and O–H groups in total. The summed E-state index contributed by atoms with van der Waals surface area (Å²) in [5.74, 6) is 0.458. The van der Waals surface area contributed by atoms with Crippen molar-refractivity contribution in [3.8, 4) is 51.7 Å². The van der Waals surface area contributed by atoms with E-state index in [1.807, 2.05) is 127 Å². The quantitative estimate of drug-likeness (QED) is 0.181. The molecule has 0 saturated heterocycles. The van der Waals surface area contributed by atoms with Gasteiger partial charge in [-0.05, 0) is 60.7 Å². The minimum absolute atomic E-state index is 0.324. The van der Waals surface area contributed by atoms with Gasteiger partial charge in [-0.1, -0.05) is 91.0 Å². The summed E-state index contributed by atoms with van der Waals surface area (Å²) in [7, 11) is 0. The van der Waals surface area contributed by atoms with Crippen LogP contribution in [0.1, 0.15) is 11.1 Å². The molecule has 0 amide bonds. The van der Waals surface area contributed by atoms with Gasteiger partial charge in [-0.2, -0.15) is 10.5 Å². The van der Waals surface area contributed by atoms with Crippen LogP contribution in [0.4, 0.5) is 0 Å². The Kier molecular flexibility index (Phi) is 6.54. The van der Waals surface area contributed by atoms with E-state index in [1.165, 1.54) is 0 Å². The van der Waals surface area contributed by atoms with Crippen LogP contribution < -0.4 is 0 Å². The van der Waals surface area contributed by atoms with Crippen LogP contribution in [0, 0.1) is 22.7 Å². The lowest BCUT2D eigenvalue weighted by molar-refractivity contribution is 0.668. The first kappa shape index (κ1) is 30.6. The molecule has 0 unspecified atom stereocenters. The van der Waals surface area contributed by atoms with Gasteiger partial charge < -0.3 is 13.4 Å². The Bertz CT molecular complexity index is 3470. The van der Waals surface area contributed by atoms with Crippen LogP contribution in [0.3, 0.4) is 0 Å². The van der Waals surface area contributed by atoms with Gasteiger partial charge in [0.15, 0.2) is 5.82 Å². The fourth-order valence-corrected chi connectivity index (χ4v) is 8.06. The van der Waals surface area contributed by atoms with Gasteiger partial charge in [-0.15, -0.1) is 0 Å². The number of nitrogens with zero attached hydrogens (tertiary/aromatic N) is 5. The molecule has 0 atom stereocenters. The Balaban J connectivity index is 1.16. The molecule has 0 aliphatic carbocycles. The lowest BCUT2D eigenvalue weighted by Gasteiger charge is -2.15. The molecule has 254 valence electrons. The second-order valence-corrected chi connectivity index (χ2v) is 13.5. The van der Waals surface area contributed by atoms with Gasteiger partial charge in [0.1, 0.15) is 40.0 Å². The van der Waals surface area contributed by atoms with Crippen LogP contribution in [0.15, 0.2) is 160 Å². The monoisotopic (exact) mass is 703 g/mol. The zero-order chi connectivity index (χ0) is 36.6. The van der Waals surface area contributed by atoms with Gasteiger partial charge >= 0.3 is 0 Å². The number of rotatable bonds is 4. The van der Waals surface area contributed by atoms with E-state index in [-0.39, 0.29) is 0 Å². The maximum Gasteiger partial charge on any atom is 0.160 e. The molecule has 0 radical (unpaired) electrons. The van der Waals surface area contributed by atoms with Crippen molar-refractivity contribution in [3.63, 3.8) is 0 Å². The topological polar surface area (TPSA) is 105 Å². The predicted octanol–water partition coefficient (Wildman–Crippen LogP) is 12.1. The first-order valence-corrected chi connectivity index (χ1v) is 17.9. The highest BCUT2D eigenvalue weighted by atomic mass is 16.3. The van der Waals surface area contributed by atoms with E-state index in [0.717, 1.165) is 76.8 Å². The molecule has 55 heavy (non-hydrogen) atoms. The molecule has 0 spiro atoms. The van der Waals surface area contributed by atoms with Gasteiger partial charge in [-0.3, -0.25) is 0 Å². The summed E-state index contributed by atoms with van der Waals surface area (Å²) < 4.78 is 14.6. The molecule has 0 bridgehead atoms. The van der Waals surface area contributed by atoms with Gasteiger partial charge in [-0.25, -0.2) is 9.97 Å². The normalized spacial score (nSPS) is 11.6. The first-order valence-electron chi connectivity index (χ1n) is 17.9. The van der Waals surface area contributed by atoms with E-state index in [9.17, 15) is 10.5 Å². The lowest BCUT2D eigenvalue weighted by Crippen LogP contribution is -2.02. The molecule has 11 rings (SSSR count). The number of aromatic nitrogens is 3. The molecule has 7 nitrogen and oxygen atoms in total. The van der Waals surface area contributed by atoms with Crippen molar-refractivity contribution in [2.24, 2.45) is 0 Å². The van der Waals surface area contributed by atoms with Crippen molar-refractivity contribution in [2.75, 3.05) is 0 Å². The second kappa shape index (κ2) is 11.8. The number of furan rings is 2. The molecule has 0 saturated carbocycles. The maximum absolute atomic E-state index is 10.8. The highest BCUT2D eigenvalue weighted by Gasteiger charge is 2.23. The molecule has 4 heterocycles. The van der Waals surface area contributed by atoms with Crippen LogP contribution in [0.2, 0.25) is 0 Å². The summed E-state index contributed by atoms with van der Waals surface area (Å²) in [6.45, 7) is 0. The SMILES string of the molecule is N#Cc1cc(-c2nc(-c3ccc4oc5ccccc5c4c3)nc(-c3ccccc3)c2C#N)ccc1-n1c2ccccc2c2ccc3oc4ccccc4c3c21. The first-order chi connectivity index (χ1) is 27.2. The number of hydrogen-bond donors (Lipinski definition) is 0. The van der Waals surface area contributed by atoms with Crippen molar-refractivity contribution < 1.29 is 8.83 Å². The average Bonchev–Trinajstić information content (AvgIpc) is 3.92. The zero-order valence-electron chi connectivity index (χ0n) is 29.0. The van der Waals surface area contributed by atoms with Crippen LogP contribution in [-0.4, -0.2) is 14.5 Å². The number of benzene rings is 7. The Morgan fingerprint density at radius 2 is 1.11 bits per heavy atom. The van der Waals surface area contributed by atoms with Crippen LogP contribution in [0.25, 0.3) is 105 Å². The molecule has 0 fully saturated rings. The molecule has 4 aromatic heterocycles. The van der Waals surface area contributed by atoms with Crippen molar-refractivity contribution in [1.29, 1.82) is 10.5 Å². The summed E-state index contributed by atoms with van der Waals surface area (Å²) in [6, 6.07) is 54.5. The summed E-state index contributed by atoms with van der Waals surface area (Å²) in [5, 5.41) is 27.6. The third-order valence-electron chi connectivity index (χ3n) is 10.5. The van der Waals surface area contributed by atoms with Gasteiger partial charge in [0.05, 0.1) is 39.1 Å². The fraction of sp³-hybridized carbons (Fsp3) is 0. The van der Waals surface area contributed by atoms with Crippen molar-refractivity contribution >= 4 is 65.7 Å². The van der Waals surface area contributed by atoms with E-state index < -0.39 is 0 Å². The third-order valence-corrected chi connectivity index (χ3v) is 10.5. The van der Waals surface area contributed by atoms with E-state index in [0.29, 0.717) is 39.6 Å². The fourth-order valence-electron chi connectivity index (χ4n) is 8.06. The van der Waals surface area contributed by atoms with Crippen molar-refractivity contribution in [2.45, 2.75) is 0 Å². The Morgan fingerprint density at radius 3 is 1.91 bits per heavy atom. The minimum Gasteiger partial charge on any atom is -0.456 e. The smallest absolute Gasteiger partial charge is 0.160 e. The van der Waals surface area contributed by atoms with Gasteiger partial charge in [0.2, 0.25) is 0 Å². The minimum atomic E-state index is 0.324. The molecule has 0 aliphatic heterocycles.